The quantitative estimate of drug-likeness (QED) is 0.781. The summed E-state index contributed by atoms with van der Waals surface area (Å²) in [6, 6.07) is 4.50. The number of hydrogen-bond donors (Lipinski definition) is 1. The summed E-state index contributed by atoms with van der Waals surface area (Å²) in [5.41, 5.74) is 1.84. The highest BCUT2D eigenvalue weighted by Gasteiger charge is 2.41. The number of likely N-dealkylation sites (N-methyl/N-ethyl adjacent to an activating group) is 1. The van der Waals surface area contributed by atoms with Gasteiger partial charge in [-0.2, -0.15) is 0 Å². The molecule has 0 unspecified atom stereocenters. The third-order valence-electron chi connectivity index (χ3n) is 4.14. The van der Waals surface area contributed by atoms with Gasteiger partial charge in [-0.15, -0.1) is 24.8 Å². The van der Waals surface area contributed by atoms with Gasteiger partial charge in [-0.3, -0.25) is 4.90 Å². The fourth-order valence-corrected chi connectivity index (χ4v) is 3.18. The number of hydrogen-bond acceptors (Lipinski definition) is 2. The number of nitrogens with zero attached hydrogens (tertiary/aromatic N) is 2. The number of piperidine rings is 1. The first-order valence-electron chi connectivity index (χ1n) is 5.90. The molecule has 0 radical (unpaired) electrons. The van der Waals surface area contributed by atoms with E-state index in [-0.39, 0.29) is 24.8 Å². The molecule has 3 heterocycles. The maximum Gasteiger partial charge on any atom is 0.0635 e. The van der Waals surface area contributed by atoms with Gasteiger partial charge < -0.3 is 9.88 Å². The molecule has 2 aliphatic rings. The summed E-state index contributed by atoms with van der Waals surface area (Å²) in [6.07, 6.45) is 4.72. The van der Waals surface area contributed by atoms with Crippen LogP contribution in [0.4, 0.5) is 0 Å². The number of aromatic nitrogens is 1. The highest BCUT2D eigenvalue weighted by Crippen LogP contribution is 2.38. The zero-order chi connectivity index (χ0) is 10.3. The van der Waals surface area contributed by atoms with Crippen LogP contribution in [0.2, 0.25) is 0 Å². The Balaban J connectivity index is 0.000000722. The van der Waals surface area contributed by atoms with Gasteiger partial charge in [-0.25, -0.2) is 0 Å². The summed E-state index contributed by atoms with van der Waals surface area (Å²) in [6.45, 7) is 4.63. The van der Waals surface area contributed by atoms with E-state index in [1.165, 1.54) is 25.1 Å². The summed E-state index contributed by atoms with van der Waals surface area (Å²) in [5.74, 6) is 0. The Morgan fingerprint density at radius 3 is 2.59 bits per heavy atom. The van der Waals surface area contributed by atoms with Crippen LogP contribution in [0, 0.1) is 0 Å². The molecule has 0 amide bonds. The van der Waals surface area contributed by atoms with Crippen molar-refractivity contribution in [3.8, 4) is 0 Å². The molecule has 3 nitrogen and oxygen atoms in total. The van der Waals surface area contributed by atoms with Crippen LogP contribution >= 0.6 is 24.8 Å². The van der Waals surface area contributed by atoms with Gasteiger partial charge in [-0.1, -0.05) is 0 Å². The van der Waals surface area contributed by atoms with Gasteiger partial charge in [0.1, 0.15) is 0 Å². The average Bonchev–Trinajstić information content (AvgIpc) is 2.75. The van der Waals surface area contributed by atoms with Gasteiger partial charge in [0.15, 0.2) is 0 Å². The molecule has 5 heteroatoms. The van der Waals surface area contributed by atoms with Crippen molar-refractivity contribution in [2.45, 2.75) is 24.9 Å². The van der Waals surface area contributed by atoms with E-state index in [0.29, 0.717) is 5.54 Å². The van der Waals surface area contributed by atoms with Crippen LogP contribution in [-0.4, -0.2) is 36.1 Å². The predicted molar refractivity (Wildman–Crippen MR) is 75.3 cm³/mol. The van der Waals surface area contributed by atoms with Gasteiger partial charge in [0, 0.05) is 25.0 Å². The number of rotatable bonds is 0. The molecule has 1 spiro atoms. The Bertz CT molecular complexity index is 358. The molecule has 1 N–H and O–H groups in total. The minimum atomic E-state index is 0. The van der Waals surface area contributed by atoms with Crippen LogP contribution in [-0.2, 0) is 12.1 Å². The van der Waals surface area contributed by atoms with Crippen LogP contribution in [0.1, 0.15) is 18.5 Å². The Hall–Kier alpha value is -0.220. The highest BCUT2D eigenvalue weighted by molar-refractivity contribution is 5.85. The maximum atomic E-state index is 3.46. The lowest BCUT2D eigenvalue weighted by atomic mass is 9.82. The average molecular weight is 278 g/mol. The zero-order valence-electron chi connectivity index (χ0n) is 10.2. The van der Waals surface area contributed by atoms with Crippen molar-refractivity contribution in [2.75, 3.05) is 26.7 Å². The van der Waals surface area contributed by atoms with Crippen LogP contribution < -0.4 is 5.32 Å². The summed E-state index contributed by atoms with van der Waals surface area (Å²) in [7, 11) is 2.28. The Labute approximate surface area is 115 Å². The molecule has 17 heavy (non-hydrogen) atoms. The van der Waals surface area contributed by atoms with E-state index < -0.39 is 0 Å². The van der Waals surface area contributed by atoms with Crippen LogP contribution in [0.3, 0.4) is 0 Å². The normalized spacial score (nSPS) is 22.4. The summed E-state index contributed by atoms with van der Waals surface area (Å²) in [5, 5.41) is 3.46. The molecule has 2 aliphatic heterocycles. The third-order valence-corrected chi connectivity index (χ3v) is 4.14. The molecule has 1 fully saturated rings. The smallest absolute Gasteiger partial charge is 0.0635 e. The minimum absolute atomic E-state index is 0. The molecule has 1 aromatic heterocycles. The Kier molecular flexibility index (Phi) is 4.90. The number of nitrogens with one attached hydrogen (secondary N) is 1. The van der Waals surface area contributed by atoms with Crippen molar-refractivity contribution < 1.29 is 0 Å². The van der Waals surface area contributed by atoms with Crippen molar-refractivity contribution in [1.82, 2.24) is 14.8 Å². The van der Waals surface area contributed by atoms with Gasteiger partial charge in [-0.05, 0) is 45.1 Å². The van der Waals surface area contributed by atoms with Crippen LogP contribution in [0.25, 0.3) is 0 Å². The van der Waals surface area contributed by atoms with Crippen LogP contribution in [0.15, 0.2) is 18.3 Å². The van der Waals surface area contributed by atoms with E-state index in [1.54, 1.807) is 0 Å². The lowest BCUT2D eigenvalue weighted by Crippen LogP contribution is -2.55. The largest absolute Gasteiger partial charge is 0.348 e. The molecular weight excluding hydrogens is 257 g/mol. The highest BCUT2D eigenvalue weighted by atomic mass is 35.5. The van der Waals surface area contributed by atoms with Crippen molar-refractivity contribution in [3.63, 3.8) is 0 Å². The van der Waals surface area contributed by atoms with E-state index in [1.807, 2.05) is 0 Å². The van der Waals surface area contributed by atoms with Crippen molar-refractivity contribution in [3.05, 3.63) is 24.0 Å². The molecule has 98 valence electrons. The Morgan fingerprint density at radius 2 is 1.88 bits per heavy atom. The molecule has 0 atom stereocenters. The first kappa shape index (κ1) is 14.8. The lowest BCUT2D eigenvalue weighted by Gasteiger charge is -2.48. The molecule has 0 aliphatic carbocycles. The topological polar surface area (TPSA) is 20.2 Å². The monoisotopic (exact) mass is 277 g/mol. The fourth-order valence-electron chi connectivity index (χ4n) is 3.18. The third kappa shape index (κ3) is 2.22. The van der Waals surface area contributed by atoms with Crippen molar-refractivity contribution in [1.29, 1.82) is 0 Å². The maximum absolute atomic E-state index is 3.46. The van der Waals surface area contributed by atoms with E-state index in [2.05, 4.69) is 40.2 Å². The van der Waals surface area contributed by atoms with Gasteiger partial charge in [0.05, 0.1) is 5.54 Å². The SMILES string of the molecule is CN1CCn2cccc2C12CCNCC2.Cl.Cl. The molecule has 3 rings (SSSR count). The molecular formula is C12H21Cl2N3. The minimum Gasteiger partial charge on any atom is -0.348 e. The predicted octanol–water partition coefficient (Wildman–Crippen LogP) is 1.86. The van der Waals surface area contributed by atoms with Gasteiger partial charge in [0.2, 0.25) is 0 Å². The Morgan fingerprint density at radius 1 is 1.18 bits per heavy atom. The number of fused-ring (bicyclic) bond motifs is 2. The molecule has 0 bridgehead atoms. The number of halogens is 2. The lowest BCUT2D eigenvalue weighted by molar-refractivity contribution is 0.0483. The van der Waals surface area contributed by atoms with Crippen molar-refractivity contribution >= 4 is 24.8 Å². The van der Waals surface area contributed by atoms with E-state index >= 15 is 0 Å². The summed E-state index contributed by atoms with van der Waals surface area (Å²) in [4.78, 5) is 2.56. The standard InChI is InChI=1S/C12H19N3.2ClH/c1-14-9-10-15-8-2-3-11(15)12(14)4-6-13-7-5-12;;/h2-3,8,13H,4-7,9-10H2,1H3;2*1H. The summed E-state index contributed by atoms with van der Waals surface area (Å²) < 4.78 is 2.44. The second kappa shape index (κ2) is 5.61. The van der Waals surface area contributed by atoms with Crippen LogP contribution in [0.5, 0.6) is 0 Å². The van der Waals surface area contributed by atoms with Gasteiger partial charge in [0.25, 0.3) is 0 Å². The van der Waals surface area contributed by atoms with Gasteiger partial charge >= 0.3 is 0 Å². The molecule has 1 saturated heterocycles. The second-order valence-electron chi connectivity index (χ2n) is 4.79. The first-order chi connectivity index (χ1) is 7.33. The first-order valence-corrected chi connectivity index (χ1v) is 5.90. The molecule has 0 saturated carbocycles. The van der Waals surface area contributed by atoms with E-state index in [4.69, 9.17) is 0 Å². The molecule has 0 aromatic carbocycles. The van der Waals surface area contributed by atoms with E-state index in [0.717, 1.165) is 19.6 Å². The van der Waals surface area contributed by atoms with Crippen molar-refractivity contribution in [2.24, 2.45) is 0 Å². The summed E-state index contributed by atoms with van der Waals surface area (Å²) >= 11 is 0. The van der Waals surface area contributed by atoms with E-state index in [9.17, 15) is 0 Å². The second-order valence-corrected chi connectivity index (χ2v) is 4.79. The molecule has 1 aromatic rings. The fraction of sp³-hybridized carbons (Fsp3) is 0.667. The zero-order valence-corrected chi connectivity index (χ0v) is 11.8.